The molecule has 0 atom stereocenters. The maximum absolute atomic E-state index is 4.63. The molecule has 0 N–H and O–H groups in total. The summed E-state index contributed by atoms with van der Waals surface area (Å²) in [5.74, 6) is 0.910. The zero-order chi connectivity index (χ0) is 14.8. The number of rotatable bonds is 5. The maximum atomic E-state index is 4.63. The number of benzene rings is 1. The van der Waals surface area contributed by atoms with Gasteiger partial charge in [-0.3, -0.25) is 0 Å². The highest BCUT2D eigenvalue weighted by atomic mass is 32.1. The summed E-state index contributed by atoms with van der Waals surface area (Å²) >= 11 is 1.58. The van der Waals surface area contributed by atoms with Gasteiger partial charge in [0.15, 0.2) is 5.82 Å². The van der Waals surface area contributed by atoms with Crippen molar-refractivity contribution in [1.82, 2.24) is 19.8 Å². The first-order valence-corrected chi connectivity index (χ1v) is 8.15. The van der Waals surface area contributed by atoms with Crippen LogP contribution in [0.5, 0.6) is 0 Å². The van der Waals surface area contributed by atoms with Crippen molar-refractivity contribution in [3.63, 3.8) is 0 Å². The lowest BCUT2D eigenvalue weighted by Crippen LogP contribution is -2.21. The lowest BCUT2D eigenvalue weighted by atomic mass is 10.2. The summed E-state index contributed by atoms with van der Waals surface area (Å²) < 4.78 is 1.85. The molecule has 0 saturated heterocycles. The van der Waals surface area contributed by atoms with Crippen molar-refractivity contribution >= 4 is 22.0 Å². The molecule has 0 aliphatic carbocycles. The highest BCUT2D eigenvalue weighted by molar-refractivity contribution is 7.19. The highest BCUT2D eigenvalue weighted by Gasteiger charge is 2.12. The highest BCUT2D eigenvalue weighted by Crippen LogP contribution is 2.27. The molecular weight excluding hydrogens is 282 g/mol. The zero-order valence-electron chi connectivity index (χ0n) is 12.6. The molecule has 0 aliphatic heterocycles. The topological polar surface area (TPSA) is 46.3 Å². The second-order valence-electron chi connectivity index (χ2n) is 4.79. The van der Waals surface area contributed by atoms with E-state index in [4.69, 9.17) is 0 Å². The Hall–Kier alpha value is -1.95. The van der Waals surface area contributed by atoms with Gasteiger partial charge in [0.1, 0.15) is 5.01 Å². The first kappa shape index (κ1) is 14.0. The molecule has 0 spiro atoms. The van der Waals surface area contributed by atoms with E-state index >= 15 is 0 Å². The summed E-state index contributed by atoms with van der Waals surface area (Å²) in [6.45, 7) is 8.45. The summed E-state index contributed by atoms with van der Waals surface area (Å²) in [7, 11) is 0. The summed E-state index contributed by atoms with van der Waals surface area (Å²) in [5.41, 5.74) is 2.38. The average Bonchev–Trinajstić information content (AvgIpc) is 3.09. The fourth-order valence-electron chi connectivity index (χ4n) is 2.40. The van der Waals surface area contributed by atoms with E-state index in [1.807, 2.05) is 4.52 Å². The van der Waals surface area contributed by atoms with Gasteiger partial charge in [-0.25, -0.2) is 0 Å². The average molecular weight is 301 g/mol. The molecule has 5 nitrogen and oxygen atoms in total. The lowest BCUT2D eigenvalue weighted by Gasteiger charge is -2.20. The van der Waals surface area contributed by atoms with Gasteiger partial charge >= 0.3 is 0 Å². The normalized spacial score (nSPS) is 11.2. The summed E-state index contributed by atoms with van der Waals surface area (Å²) in [5, 5.41) is 13.9. The summed E-state index contributed by atoms with van der Waals surface area (Å²) in [4.78, 5) is 3.19. The Labute approximate surface area is 128 Å². The van der Waals surface area contributed by atoms with Crippen LogP contribution in [0, 0.1) is 0 Å². The van der Waals surface area contributed by atoms with Crippen molar-refractivity contribution in [1.29, 1.82) is 0 Å². The molecule has 2 heterocycles. The molecule has 110 valence electrons. The van der Waals surface area contributed by atoms with Crippen LogP contribution in [-0.2, 0) is 6.42 Å². The number of aryl methyl sites for hydroxylation is 1. The largest absolute Gasteiger partial charge is 0.372 e. The van der Waals surface area contributed by atoms with Crippen LogP contribution in [0.1, 0.15) is 26.6 Å². The van der Waals surface area contributed by atoms with Crippen LogP contribution in [0.25, 0.3) is 15.5 Å². The Bertz CT molecular complexity index is 724. The molecule has 6 heteroatoms. The van der Waals surface area contributed by atoms with Crippen LogP contribution < -0.4 is 4.90 Å². The molecule has 21 heavy (non-hydrogen) atoms. The van der Waals surface area contributed by atoms with Crippen LogP contribution in [0.15, 0.2) is 24.3 Å². The third-order valence-electron chi connectivity index (χ3n) is 3.61. The zero-order valence-corrected chi connectivity index (χ0v) is 13.4. The molecule has 2 aromatic heterocycles. The lowest BCUT2D eigenvalue weighted by molar-refractivity contribution is 0.838. The number of hydrogen-bond donors (Lipinski definition) is 0. The minimum Gasteiger partial charge on any atom is -0.372 e. The number of fused-ring (bicyclic) bond motifs is 1. The SMILES string of the molecule is CCc1nnc2sc(-c3ccc(N(CC)CC)cc3)nn12. The van der Waals surface area contributed by atoms with Crippen LogP contribution in [0.3, 0.4) is 0 Å². The van der Waals surface area contributed by atoms with Gasteiger partial charge in [-0.1, -0.05) is 18.3 Å². The quantitative estimate of drug-likeness (QED) is 0.725. The molecule has 0 unspecified atom stereocenters. The second-order valence-corrected chi connectivity index (χ2v) is 5.75. The third kappa shape index (κ3) is 2.51. The maximum Gasteiger partial charge on any atom is 0.234 e. The van der Waals surface area contributed by atoms with Crippen molar-refractivity contribution in [2.75, 3.05) is 18.0 Å². The molecule has 3 aromatic rings. The van der Waals surface area contributed by atoms with E-state index in [-0.39, 0.29) is 0 Å². The van der Waals surface area contributed by atoms with E-state index in [9.17, 15) is 0 Å². The Morgan fingerprint density at radius 3 is 2.38 bits per heavy atom. The van der Waals surface area contributed by atoms with Crippen molar-refractivity contribution in [2.45, 2.75) is 27.2 Å². The van der Waals surface area contributed by atoms with E-state index < -0.39 is 0 Å². The van der Waals surface area contributed by atoms with Gasteiger partial charge in [-0.2, -0.15) is 9.61 Å². The Morgan fingerprint density at radius 1 is 1.05 bits per heavy atom. The smallest absolute Gasteiger partial charge is 0.234 e. The van der Waals surface area contributed by atoms with E-state index in [0.717, 1.165) is 40.9 Å². The van der Waals surface area contributed by atoms with Gasteiger partial charge in [0.2, 0.25) is 4.96 Å². The van der Waals surface area contributed by atoms with Gasteiger partial charge in [0.25, 0.3) is 0 Å². The fraction of sp³-hybridized carbons (Fsp3) is 0.400. The van der Waals surface area contributed by atoms with Gasteiger partial charge in [0, 0.05) is 30.8 Å². The molecule has 0 saturated carbocycles. The predicted molar refractivity (Wildman–Crippen MR) is 87.0 cm³/mol. The summed E-state index contributed by atoms with van der Waals surface area (Å²) in [6.07, 6.45) is 0.839. The van der Waals surface area contributed by atoms with Crippen molar-refractivity contribution < 1.29 is 0 Å². The first-order chi connectivity index (χ1) is 10.3. The Balaban J connectivity index is 1.93. The molecule has 0 radical (unpaired) electrons. The number of anilines is 1. The van der Waals surface area contributed by atoms with Gasteiger partial charge in [-0.15, -0.1) is 10.2 Å². The van der Waals surface area contributed by atoms with Gasteiger partial charge in [0.05, 0.1) is 0 Å². The van der Waals surface area contributed by atoms with Crippen LogP contribution in [-0.4, -0.2) is 32.9 Å². The number of aromatic nitrogens is 4. The standard InChI is InChI=1S/C15H19N5S/c1-4-13-16-17-15-20(13)18-14(21-15)11-7-9-12(10-8-11)19(5-2)6-3/h7-10H,4-6H2,1-3H3. The number of nitrogens with zero attached hydrogens (tertiary/aromatic N) is 5. The minimum atomic E-state index is 0.839. The Morgan fingerprint density at radius 2 is 1.76 bits per heavy atom. The van der Waals surface area contributed by atoms with E-state index in [2.05, 4.69) is 65.2 Å². The van der Waals surface area contributed by atoms with Crippen molar-refractivity contribution in [3.05, 3.63) is 30.1 Å². The predicted octanol–water partition coefficient (Wildman–Crippen LogP) is 3.26. The third-order valence-corrected chi connectivity index (χ3v) is 4.56. The van der Waals surface area contributed by atoms with E-state index in [1.165, 1.54) is 5.69 Å². The molecule has 3 rings (SSSR count). The van der Waals surface area contributed by atoms with E-state index in [0.29, 0.717) is 0 Å². The molecule has 1 aromatic carbocycles. The van der Waals surface area contributed by atoms with Crippen LogP contribution in [0.4, 0.5) is 5.69 Å². The molecule has 0 aliphatic rings. The first-order valence-electron chi connectivity index (χ1n) is 7.33. The second kappa shape index (κ2) is 5.81. The van der Waals surface area contributed by atoms with Crippen LogP contribution >= 0.6 is 11.3 Å². The van der Waals surface area contributed by atoms with Crippen LogP contribution in [0.2, 0.25) is 0 Å². The monoisotopic (exact) mass is 301 g/mol. The molecule has 0 fully saturated rings. The van der Waals surface area contributed by atoms with E-state index in [1.54, 1.807) is 11.3 Å². The minimum absolute atomic E-state index is 0.839. The molecule has 0 bridgehead atoms. The number of hydrogen-bond acceptors (Lipinski definition) is 5. The van der Waals surface area contributed by atoms with Crippen molar-refractivity contribution in [2.24, 2.45) is 0 Å². The summed E-state index contributed by atoms with van der Waals surface area (Å²) in [6, 6.07) is 8.58. The fourth-order valence-corrected chi connectivity index (χ4v) is 3.26. The Kier molecular flexibility index (Phi) is 3.88. The van der Waals surface area contributed by atoms with Gasteiger partial charge < -0.3 is 4.90 Å². The van der Waals surface area contributed by atoms with Gasteiger partial charge in [-0.05, 0) is 38.1 Å². The molecule has 0 amide bonds. The van der Waals surface area contributed by atoms with Crippen molar-refractivity contribution in [3.8, 4) is 10.6 Å². The molecular formula is C15H19N5S.